The first kappa shape index (κ1) is 10.7. The Hall–Kier alpha value is -1.84. The summed E-state index contributed by atoms with van der Waals surface area (Å²) < 4.78 is 4.64. The van der Waals surface area contributed by atoms with Crippen molar-refractivity contribution in [1.29, 1.82) is 0 Å². The zero-order valence-electron chi connectivity index (χ0n) is 9.43. The number of carbonyl (C=O) groups is 1. The number of ether oxygens (including phenoxy) is 1. The molecule has 0 aromatic heterocycles. The third-order valence-corrected chi connectivity index (χ3v) is 2.62. The molecule has 1 aromatic rings. The molecule has 1 aliphatic rings. The summed E-state index contributed by atoms with van der Waals surface area (Å²) in [5.41, 5.74) is 1.60. The van der Waals surface area contributed by atoms with Crippen LogP contribution in [-0.2, 0) is 4.74 Å². The van der Waals surface area contributed by atoms with Crippen LogP contribution in [-0.4, -0.2) is 44.0 Å². The molecular weight excluding hydrogens is 204 g/mol. The fourth-order valence-corrected chi connectivity index (χ4v) is 1.72. The van der Waals surface area contributed by atoms with E-state index < -0.39 is 0 Å². The lowest BCUT2D eigenvalue weighted by atomic mass is 10.1. The summed E-state index contributed by atoms with van der Waals surface area (Å²) in [6, 6.07) is 7.31. The van der Waals surface area contributed by atoms with Gasteiger partial charge in [-0.2, -0.15) is 0 Å². The topological polar surface area (TPSA) is 41.9 Å². The zero-order valence-corrected chi connectivity index (χ0v) is 9.43. The predicted octanol–water partition coefficient (Wildman–Crippen LogP) is 1.17. The molecule has 0 atom stereocenters. The number of methoxy groups -OCH3 is 1. The molecule has 4 heteroatoms. The SMILES string of the molecule is COC(=O)c1ccc(C2=NCCN2C)cc1. The number of likely N-dealkylation sites (N-methyl/N-ethyl adjacent to an activating group) is 1. The maximum absolute atomic E-state index is 11.2. The molecule has 1 aromatic carbocycles. The molecule has 0 unspecified atom stereocenters. The second kappa shape index (κ2) is 4.35. The van der Waals surface area contributed by atoms with Gasteiger partial charge in [-0.1, -0.05) is 12.1 Å². The van der Waals surface area contributed by atoms with Crippen molar-refractivity contribution < 1.29 is 9.53 Å². The molecule has 0 amide bonds. The fraction of sp³-hybridized carbons (Fsp3) is 0.333. The molecule has 1 aliphatic heterocycles. The Morgan fingerprint density at radius 1 is 1.38 bits per heavy atom. The molecule has 0 spiro atoms. The Labute approximate surface area is 94.5 Å². The van der Waals surface area contributed by atoms with E-state index in [0.29, 0.717) is 5.56 Å². The Morgan fingerprint density at radius 2 is 2.06 bits per heavy atom. The summed E-state index contributed by atoms with van der Waals surface area (Å²) in [5.74, 6) is 0.671. The molecule has 0 radical (unpaired) electrons. The van der Waals surface area contributed by atoms with E-state index in [1.165, 1.54) is 7.11 Å². The van der Waals surface area contributed by atoms with E-state index in [1.807, 2.05) is 19.2 Å². The van der Waals surface area contributed by atoms with Gasteiger partial charge in [-0.3, -0.25) is 4.99 Å². The highest BCUT2D eigenvalue weighted by Crippen LogP contribution is 2.11. The number of esters is 1. The van der Waals surface area contributed by atoms with Gasteiger partial charge in [-0.05, 0) is 12.1 Å². The minimum Gasteiger partial charge on any atom is -0.465 e. The quantitative estimate of drug-likeness (QED) is 0.700. The van der Waals surface area contributed by atoms with Crippen LogP contribution in [0.2, 0.25) is 0 Å². The number of aliphatic imine (C=N–C) groups is 1. The van der Waals surface area contributed by atoms with Crippen LogP contribution in [0.15, 0.2) is 29.3 Å². The third kappa shape index (κ3) is 1.91. The molecule has 1 heterocycles. The Kier molecular flexibility index (Phi) is 2.90. The molecule has 4 nitrogen and oxygen atoms in total. The molecule has 2 rings (SSSR count). The van der Waals surface area contributed by atoms with Gasteiger partial charge < -0.3 is 9.64 Å². The summed E-state index contributed by atoms with van der Waals surface area (Å²) in [4.78, 5) is 17.8. The van der Waals surface area contributed by atoms with Crippen molar-refractivity contribution in [3.05, 3.63) is 35.4 Å². The van der Waals surface area contributed by atoms with E-state index in [4.69, 9.17) is 0 Å². The van der Waals surface area contributed by atoms with Gasteiger partial charge in [0.1, 0.15) is 5.84 Å². The number of rotatable bonds is 2. The van der Waals surface area contributed by atoms with Crippen molar-refractivity contribution in [2.75, 3.05) is 27.2 Å². The summed E-state index contributed by atoms with van der Waals surface area (Å²) in [6.45, 7) is 1.79. The van der Waals surface area contributed by atoms with Crippen LogP contribution in [0.3, 0.4) is 0 Å². The smallest absolute Gasteiger partial charge is 0.337 e. The standard InChI is InChI=1S/C12H14N2O2/c1-14-8-7-13-11(14)9-3-5-10(6-4-9)12(15)16-2/h3-6H,7-8H2,1-2H3. The van der Waals surface area contributed by atoms with Gasteiger partial charge in [0, 0.05) is 19.2 Å². The van der Waals surface area contributed by atoms with Gasteiger partial charge in [-0.25, -0.2) is 4.79 Å². The van der Waals surface area contributed by atoms with Gasteiger partial charge >= 0.3 is 5.97 Å². The maximum Gasteiger partial charge on any atom is 0.337 e. The molecule has 0 saturated heterocycles. The van der Waals surface area contributed by atoms with Crippen LogP contribution in [0.25, 0.3) is 0 Å². The average Bonchev–Trinajstić information content (AvgIpc) is 2.75. The highest BCUT2D eigenvalue weighted by atomic mass is 16.5. The molecular formula is C12H14N2O2. The van der Waals surface area contributed by atoms with Gasteiger partial charge in [0.05, 0.1) is 19.2 Å². The molecule has 16 heavy (non-hydrogen) atoms. The first-order valence-corrected chi connectivity index (χ1v) is 5.16. The van der Waals surface area contributed by atoms with Gasteiger partial charge in [0.25, 0.3) is 0 Å². The molecule has 0 aliphatic carbocycles. The molecule has 0 fully saturated rings. The van der Waals surface area contributed by atoms with Gasteiger partial charge in [0.15, 0.2) is 0 Å². The molecule has 0 saturated carbocycles. The van der Waals surface area contributed by atoms with Crippen LogP contribution in [0.4, 0.5) is 0 Å². The lowest BCUT2D eigenvalue weighted by Gasteiger charge is -2.13. The lowest BCUT2D eigenvalue weighted by Crippen LogP contribution is -2.23. The van der Waals surface area contributed by atoms with E-state index in [1.54, 1.807) is 12.1 Å². The summed E-state index contributed by atoms with van der Waals surface area (Å²) in [5, 5.41) is 0. The van der Waals surface area contributed by atoms with Crippen molar-refractivity contribution in [2.45, 2.75) is 0 Å². The second-order valence-electron chi connectivity index (χ2n) is 3.70. The summed E-state index contributed by atoms with van der Waals surface area (Å²) in [7, 11) is 3.39. The highest BCUT2D eigenvalue weighted by Gasteiger charge is 2.14. The van der Waals surface area contributed by atoms with Crippen LogP contribution in [0.1, 0.15) is 15.9 Å². The number of hydrogen-bond donors (Lipinski definition) is 0. The van der Waals surface area contributed by atoms with E-state index in [-0.39, 0.29) is 5.97 Å². The number of hydrogen-bond acceptors (Lipinski definition) is 4. The number of nitrogens with zero attached hydrogens (tertiary/aromatic N) is 2. The van der Waals surface area contributed by atoms with E-state index in [9.17, 15) is 4.79 Å². The first-order chi connectivity index (χ1) is 7.72. The maximum atomic E-state index is 11.2. The van der Waals surface area contributed by atoms with Crippen molar-refractivity contribution in [3.8, 4) is 0 Å². The highest BCUT2D eigenvalue weighted by molar-refractivity contribution is 6.00. The van der Waals surface area contributed by atoms with Crippen molar-refractivity contribution in [2.24, 2.45) is 4.99 Å². The van der Waals surface area contributed by atoms with Crippen LogP contribution in [0.5, 0.6) is 0 Å². The van der Waals surface area contributed by atoms with Gasteiger partial charge in [-0.15, -0.1) is 0 Å². The summed E-state index contributed by atoms with van der Waals surface area (Å²) in [6.07, 6.45) is 0. The largest absolute Gasteiger partial charge is 0.465 e. The first-order valence-electron chi connectivity index (χ1n) is 5.16. The predicted molar refractivity (Wildman–Crippen MR) is 61.8 cm³/mol. The number of carbonyl (C=O) groups excluding carboxylic acids is 1. The molecule has 0 bridgehead atoms. The number of benzene rings is 1. The van der Waals surface area contributed by atoms with Crippen LogP contribution < -0.4 is 0 Å². The van der Waals surface area contributed by atoms with Crippen LogP contribution >= 0.6 is 0 Å². The van der Waals surface area contributed by atoms with Crippen molar-refractivity contribution >= 4 is 11.8 Å². The van der Waals surface area contributed by atoms with E-state index in [0.717, 1.165) is 24.5 Å². The molecule has 84 valence electrons. The number of amidine groups is 1. The second-order valence-corrected chi connectivity index (χ2v) is 3.70. The minimum absolute atomic E-state index is 0.312. The van der Waals surface area contributed by atoms with E-state index in [2.05, 4.69) is 14.6 Å². The normalized spacial score (nSPS) is 14.9. The van der Waals surface area contributed by atoms with Gasteiger partial charge in [0.2, 0.25) is 0 Å². The Balaban J connectivity index is 2.22. The third-order valence-electron chi connectivity index (χ3n) is 2.62. The zero-order chi connectivity index (χ0) is 11.5. The van der Waals surface area contributed by atoms with E-state index >= 15 is 0 Å². The summed E-state index contributed by atoms with van der Waals surface area (Å²) >= 11 is 0. The lowest BCUT2D eigenvalue weighted by molar-refractivity contribution is 0.0601. The fourth-order valence-electron chi connectivity index (χ4n) is 1.72. The average molecular weight is 218 g/mol. The minimum atomic E-state index is -0.312. The van der Waals surface area contributed by atoms with Crippen molar-refractivity contribution in [1.82, 2.24) is 4.90 Å². The molecule has 0 N–H and O–H groups in total. The van der Waals surface area contributed by atoms with Crippen molar-refractivity contribution in [3.63, 3.8) is 0 Å². The Morgan fingerprint density at radius 3 is 2.56 bits per heavy atom. The monoisotopic (exact) mass is 218 g/mol. The van der Waals surface area contributed by atoms with Crippen LogP contribution in [0, 0.1) is 0 Å². The Bertz CT molecular complexity index is 423.